The molecule has 3 atom stereocenters. The van der Waals surface area contributed by atoms with Crippen molar-refractivity contribution < 1.29 is 33.8 Å². The van der Waals surface area contributed by atoms with Crippen molar-refractivity contribution in [2.45, 2.75) is 188 Å². The van der Waals surface area contributed by atoms with Gasteiger partial charge in [0.05, 0.1) is 25.7 Å². The summed E-state index contributed by atoms with van der Waals surface area (Å²) < 4.78 is 16.7. The number of ether oxygens (including phenoxy) is 3. The molecule has 0 bridgehead atoms. The van der Waals surface area contributed by atoms with Crippen molar-refractivity contribution in [2.75, 3.05) is 26.4 Å². The van der Waals surface area contributed by atoms with E-state index in [2.05, 4.69) is 13.8 Å². The molecule has 0 rings (SSSR count). The first-order chi connectivity index (χ1) is 22.4. The smallest absolute Gasteiger partial charge is 0.246 e. The predicted octanol–water partition coefficient (Wildman–Crippen LogP) is 9.68. The number of unbranched alkanes of at least 4 members (excludes halogenated alkanes) is 16. The Kier molecular flexibility index (Phi) is 32.6. The first-order valence-corrected chi connectivity index (χ1v) is 19.2. The summed E-state index contributed by atoms with van der Waals surface area (Å²) in [5.41, 5.74) is 1.83. The van der Waals surface area contributed by atoms with Gasteiger partial charge in [0, 0.05) is 25.4 Å². The summed E-state index contributed by atoms with van der Waals surface area (Å²) in [5.74, 6) is -0.987. The number of rotatable bonds is 36. The largest absolute Gasteiger partial charge is 0.379 e. The Bertz CT molecular complexity index is 717. The van der Waals surface area contributed by atoms with Crippen LogP contribution in [0.1, 0.15) is 182 Å². The molecule has 46 heavy (non-hydrogen) atoms. The minimum atomic E-state index is -0.612. The molecule has 8 heteroatoms. The van der Waals surface area contributed by atoms with Crippen molar-refractivity contribution in [1.29, 1.82) is 0 Å². The number of ketones is 2. The van der Waals surface area contributed by atoms with Crippen LogP contribution < -0.4 is 5.48 Å². The minimum absolute atomic E-state index is 0.0232. The van der Waals surface area contributed by atoms with Crippen molar-refractivity contribution in [3.8, 4) is 0 Å². The molecule has 0 spiro atoms. The lowest BCUT2D eigenvalue weighted by molar-refractivity contribution is -0.147. The molecular formula is C38H73NO7. The van der Waals surface area contributed by atoms with E-state index < -0.39 is 12.2 Å². The molecule has 0 aromatic carbocycles. The fraction of sp³-hybridized carbons (Fsp3) is 0.921. The number of hydroxylamine groups is 1. The highest BCUT2D eigenvalue weighted by Gasteiger charge is 2.25. The molecule has 0 aromatic heterocycles. The molecule has 0 fully saturated rings. The summed E-state index contributed by atoms with van der Waals surface area (Å²) in [6.45, 7) is 10.1. The Morgan fingerprint density at radius 1 is 0.565 bits per heavy atom. The third-order valence-corrected chi connectivity index (χ3v) is 8.96. The summed E-state index contributed by atoms with van der Waals surface area (Å²) in [6.07, 6.45) is 23.8. The molecule has 0 aliphatic rings. The third-order valence-electron chi connectivity index (χ3n) is 8.96. The number of Topliss-reactive ketones (excluding diaryl/α,β-unsaturated/α-hetero) is 2. The number of carbonyl (C=O) groups excluding carboxylic acids is 3. The first kappa shape index (κ1) is 44.6. The van der Waals surface area contributed by atoms with Gasteiger partial charge in [-0.25, -0.2) is 5.48 Å². The van der Waals surface area contributed by atoms with Crippen LogP contribution in [0.3, 0.4) is 0 Å². The lowest BCUT2D eigenvalue weighted by Gasteiger charge is -2.18. The van der Waals surface area contributed by atoms with Gasteiger partial charge in [-0.3, -0.25) is 19.6 Å². The van der Waals surface area contributed by atoms with Gasteiger partial charge in [0.25, 0.3) is 0 Å². The van der Waals surface area contributed by atoms with E-state index in [1.807, 2.05) is 19.3 Å². The number of hydrogen-bond donors (Lipinski definition) is 2. The van der Waals surface area contributed by atoms with Crippen molar-refractivity contribution in [2.24, 2.45) is 11.8 Å². The highest BCUT2D eigenvalue weighted by molar-refractivity contribution is 6.02. The monoisotopic (exact) mass is 656 g/mol. The van der Waals surface area contributed by atoms with Crippen LogP contribution in [-0.2, 0) is 28.6 Å². The average Bonchev–Trinajstić information content (AvgIpc) is 3.05. The van der Waals surface area contributed by atoms with Gasteiger partial charge < -0.3 is 14.2 Å². The Hall–Kier alpha value is -1.35. The zero-order valence-corrected chi connectivity index (χ0v) is 30.4. The third kappa shape index (κ3) is 26.7. The van der Waals surface area contributed by atoms with E-state index in [1.54, 1.807) is 0 Å². The van der Waals surface area contributed by atoms with Crippen LogP contribution in [-0.4, -0.2) is 55.4 Å². The molecule has 272 valence electrons. The van der Waals surface area contributed by atoms with Crippen molar-refractivity contribution in [3.05, 3.63) is 0 Å². The van der Waals surface area contributed by atoms with Crippen LogP contribution in [0.5, 0.6) is 0 Å². The van der Waals surface area contributed by atoms with Crippen molar-refractivity contribution in [3.63, 3.8) is 0 Å². The second kappa shape index (κ2) is 33.5. The molecule has 1 amide bonds. The molecular weight excluding hydrogens is 582 g/mol. The second-order valence-electron chi connectivity index (χ2n) is 13.0. The number of hydrogen-bond acceptors (Lipinski definition) is 7. The van der Waals surface area contributed by atoms with E-state index in [0.717, 1.165) is 83.5 Å². The van der Waals surface area contributed by atoms with Gasteiger partial charge in [-0.05, 0) is 46.0 Å². The Labute approximate surface area is 282 Å². The van der Waals surface area contributed by atoms with Crippen LogP contribution in [0.2, 0.25) is 0 Å². The summed E-state index contributed by atoms with van der Waals surface area (Å²) in [5, 5.41) is 9.11. The van der Waals surface area contributed by atoms with Crippen molar-refractivity contribution in [1.82, 2.24) is 5.48 Å². The van der Waals surface area contributed by atoms with Gasteiger partial charge in [0.15, 0.2) is 6.29 Å². The summed E-state index contributed by atoms with van der Waals surface area (Å²) >= 11 is 0. The van der Waals surface area contributed by atoms with E-state index in [9.17, 15) is 14.4 Å². The highest BCUT2D eigenvalue weighted by atomic mass is 16.7. The van der Waals surface area contributed by atoms with Crippen LogP contribution in [0.4, 0.5) is 0 Å². The summed E-state index contributed by atoms with van der Waals surface area (Å²) in [6, 6.07) is 0. The number of carbonyl (C=O) groups is 3. The lowest BCUT2D eigenvalue weighted by Crippen LogP contribution is -2.28. The molecule has 2 N–H and O–H groups in total. The summed E-state index contributed by atoms with van der Waals surface area (Å²) in [7, 11) is 0. The van der Waals surface area contributed by atoms with Gasteiger partial charge in [-0.15, -0.1) is 0 Å². The van der Waals surface area contributed by atoms with Crippen LogP contribution >= 0.6 is 0 Å². The van der Waals surface area contributed by atoms with Crippen LogP contribution in [0.25, 0.3) is 0 Å². The van der Waals surface area contributed by atoms with E-state index in [1.165, 1.54) is 51.4 Å². The number of nitrogens with one attached hydrogen (secondary N) is 1. The summed E-state index contributed by atoms with van der Waals surface area (Å²) in [4.78, 5) is 38.5. The SMILES string of the molecule is CCCCCCCCCCCCCC(=O)C(CCOC(C)OCCOCC)C(=O)CCCCCCC(CCCCCC)C(=O)NO. The maximum Gasteiger partial charge on any atom is 0.246 e. The van der Waals surface area contributed by atoms with Crippen LogP contribution in [0.15, 0.2) is 0 Å². The fourth-order valence-corrected chi connectivity index (χ4v) is 5.99. The van der Waals surface area contributed by atoms with Gasteiger partial charge in [-0.2, -0.15) is 0 Å². The zero-order valence-electron chi connectivity index (χ0n) is 30.4. The van der Waals surface area contributed by atoms with Gasteiger partial charge in [-0.1, -0.05) is 123 Å². The van der Waals surface area contributed by atoms with E-state index in [-0.39, 0.29) is 23.4 Å². The molecule has 0 aliphatic heterocycles. The van der Waals surface area contributed by atoms with E-state index in [0.29, 0.717) is 45.7 Å². The lowest BCUT2D eigenvalue weighted by atomic mass is 9.89. The van der Waals surface area contributed by atoms with Crippen molar-refractivity contribution >= 4 is 17.5 Å². The van der Waals surface area contributed by atoms with E-state index >= 15 is 0 Å². The first-order valence-electron chi connectivity index (χ1n) is 19.2. The topological polar surface area (TPSA) is 111 Å². The molecule has 0 heterocycles. The van der Waals surface area contributed by atoms with E-state index in [4.69, 9.17) is 19.4 Å². The minimum Gasteiger partial charge on any atom is -0.379 e. The maximum atomic E-state index is 13.2. The molecule has 0 radical (unpaired) electrons. The van der Waals surface area contributed by atoms with Gasteiger partial charge in [0.2, 0.25) is 5.91 Å². The normalized spacial score (nSPS) is 13.4. The van der Waals surface area contributed by atoms with Gasteiger partial charge >= 0.3 is 0 Å². The highest BCUT2D eigenvalue weighted by Crippen LogP contribution is 2.21. The average molecular weight is 656 g/mol. The molecule has 8 nitrogen and oxygen atoms in total. The zero-order chi connectivity index (χ0) is 34.1. The fourth-order valence-electron chi connectivity index (χ4n) is 5.99. The standard InChI is InChI=1S/C38H73NO7/c1-5-8-10-12-13-14-15-16-17-18-23-27-36(40)35(29-30-45-33(4)46-32-31-44-7-3)37(41)28-24-20-19-22-26-34(38(42)39-43)25-21-11-9-6-2/h33-35,43H,5-32H2,1-4H3,(H,39,42). The Morgan fingerprint density at radius 2 is 1.00 bits per heavy atom. The maximum absolute atomic E-state index is 13.2. The molecule has 0 aromatic rings. The Morgan fingerprint density at radius 3 is 1.48 bits per heavy atom. The quantitative estimate of drug-likeness (QED) is 0.0227. The Balaban J connectivity index is 4.58. The predicted molar refractivity (Wildman–Crippen MR) is 187 cm³/mol. The molecule has 0 saturated heterocycles. The second-order valence-corrected chi connectivity index (χ2v) is 13.0. The number of amides is 1. The van der Waals surface area contributed by atoms with Crippen LogP contribution in [0, 0.1) is 11.8 Å². The molecule has 3 unspecified atom stereocenters. The van der Waals surface area contributed by atoms with Gasteiger partial charge in [0.1, 0.15) is 11.6 Å². The molecule has 0 saturated carbocycles. The molecule has 0 aliphatic carbocycles.